The van der Waals surface area contributed by atoms with Crippen LogP contribution in [-0.2, 0) is 12.6 Å². The molecule has 0 aliphatic heterocycles. The highest BCUT2D eigenvalue weighted by molar-refractivity contribution is 5.55. The van der Waals surface area contributed by atoms with Crippen molar-refractivity contribution in [2.45, 2.75) is 19.5 Å². The van der Waals surface area contributed by atoms with Crippen LogP contribution >= 0.6 is 0 Å². The number of hydrogen-bond donors (Lipinski definition) is 1. The quantitative estimate of drug-likeness (QED) is 0.852. The molecule has 5 heteroatoms. The van der Waals surface area contributed by atoms with Crippen LogP contribution in [0.3, 0.4) is 0 Å². The van der Waals surface area contributed by atoms with Crippen LogP contribution in [0.15, 0.2) is 30.5 Å². The summed E-state index contributed by atoms with van der Waals surface area (Å²) in [5, 5.41) is 0. The number of nitrogens with zero attached hydrogens (tertiary/aromatic N) is 1. The van der Waals surface area contributed by atoms with Crippen molar-refractivity contribution >= 4 is 0 Å². The summed E-state index contributed by atoms with van der Waals surface area (Å²) >= 11 is 0. The zero-order chi connectivity index (χ0) is 12.5. The fourth-order valence-electron chi connectivity index (χ4n) is 1.50. The lowest BCUT2D eigenvalue weighted by atomic mass is 10.1. The SMILES string of the molecule is CCc1cnc(-c2ccc(C(F)(F)F)cc2)[nH]1. The van der Waals surface area contributed by atoms with Gasteiger partial charge in [-0.15, -0.1) is 0 Å². The Morgan fingerprint density at radius 1 is 1.18 bits per heavy atom. The van der Waals surface area contributed by atoms with E-state index in [0.717, 1.165) is 24.2 Å². The Kier molecular flexibility index (Phi) is 2.92. The van der Waals surface area contributed by atoms with Crippen LogP contribution in [0.4, 0.5) is 13.2 Å². The molecule has 0 radical (unpaired) electrons. The molecule has 0 saturated heterocycles. The van der Waals surface area contributed by atoms with Crippen molar-refractivity contribution in [3.8, 4) is 11.4 Å². The predicted molar refractivity (Wildman–Crippen MR) is 58.4 cm³/mol. The van der Waals surface area contributed by atoms with E-state index in [0.29, 0.717) is 11.4 Å². The van der Waals surface area contributed by atoms with E-state index < -0.39 is 11.7 Å². The molecule has 0 spiro atoms. The summed E-state index contributed by atoms with van der Waals surface area (Å²) in [6.07, 6.45) is -1.79. The van der Waals surface area contributed by atoms with Gasteiger partial charge < -0.3 is 4.98 Å². The first kappa shape index (κ1) is 11.7. The average Bonchev–Trinajstić information content (AvgIpc) is 2.76. The summed E-state index contributed by atoms with van der Waals surface area (Å²) in [7, 11) is 0. The highest BCUT2D eigenvalue weighted by Crippen LogP contribution is 2.30. The Balaban J connectivity index is 2.29. The largest absolute Gasteiger partial charge is 0.416 e. The van der Waals surface area contributed by atoms with Crippen LogP contribution in [0, 0.1) is 0 Å². The molecule has 17 heavy (non-hydrogen) atoms. The fraction of sp³-hybridized carbons (Fsp3) is 0.250. The first-order valence-electron chi connectivity index (χ1n) is 5.22. The first-order valence-corrected chi connectivity index (χ1v) is 5.22. The highest BCUT2D eigenvalue weighted by atomic mass is 19.4. The molecule has 1 aromatic heterocycles. The first-order chi connectivity index (χ1) is 8.00. The van der Waals surface area contributed by atoms with Crippen LogP contribution in [0.1, 0.15) is 18.2 Å². The van der Waals surface area contributed by atoms with Crippen molar-refractivity contribution in [2.75, 3.05) is 0 Å². The van der Waals surface area contributed by atoms with Gasteiger partial charge in [0.1, 0.15) is 5.82 Å². The molecule has 1 aromatic carbocycles. The van der Waals surface area contributed by atoms with Crippen LogP contribution in [0.5, 0.6) is 0 Å². The number of H-pyrrole nitrogens is 1. The molecule has 1 N–H and O–H groups in total. The number of rotatable bonds is 2. The molecule has 2 nitrogen and oxygen atoms in total. The second-order valence-electron chi connectivity index (χ2n) is 3.69. The summed E-state index contributed by atoms with van der Waals surface area (Å²) in [5.41, 5.74) is 0.959. The fourth-order valence-corrected chi connectivity index (χ4v) is 1.50. The molecule has 0 bridgehead atoms. The Bertz CT molecular complexity index is 497. The van der Waals surface area contributed by atoms with Gasteiger partial charge in [0.2, 0.25) is 0 Å². The zero-order valence-corrected chi connectivity index (χ0v) is 9.17. The van der Waals surface area contributed by atoms with Crippen molar-refractivity contribution in [2.24, 2.45) is 0 Å². The van der Waals surface area contributed by atoms with Gasteiger partial charge in [0.25, 0.3) is 0 Å². The van der Waals surface area contributed by atoms with Gasteiger partial charge in [0.05, 0.1) is 5.56 Å². The third kappa shape index (κ3) is 2.49. The van der Waals surface area contributed by atoms with Crippen molar-refractivity contribution in [3.05, 3.63) is 41.7 Å². The molecule has 0 aliphatic carbocycles. The minimum absolute atomic E-state index is 0.593. The molecule has 0 amide bonds. The van der Waals surface area contributed by atoms with E-state index in [4.69, 9.17) is 0 Å². The summed E-state index contributed by atoms with van der Waals surface area (Å²) in [5.74, 6) is 0.593. The van der Waals surface area contributed by atoms with Gasteiger partial charge in [0.15, 0.2) is 0 Å². The minimum Gasteiger partial charge on any atom is -0.342 e. The lowest BCUT2D eigenvalue weighted by Crippen LogP contribution is -2.04. The number of aryl methyl sites for hydroxylation is 1. The molecule has 0 unspecified atom stereocenters. The second kappa shape index (κ2) is 4.24. The van der Waals surface area contributed by atoms with E-state index in [9.17, 15) is 13.2 Å². The Morgan fingerprint density at radius 3 is 2.29 bits per heavy atom. The van der Waals surface area contributed by atoms with Crippen molar-refractivity contribution in [3.63, 3.8) is 0 Å². The predicted octanol–water partition coefficient (Wildman–Crippen LogP) is 3.66. The highest BCUT2D eigenvalue weighted by Gasteiger charge is 2.30. The van der Waals surface area contributed by atoms with E-state index in [-0.39, 0.29) is 0 Å². The standard InChI is InChI=1S/C12H11F3N2/c1-2-10-7-16-11(17-10)8-3-5-9(6-4-8)12(13,14)15/h3-7H,2H2,1H3,(H,16,17). The monoisotopic (exact) mass is 240 g/mol. The van der Waals surface area contributed by atoms with E-state index in [1.807, 2.05) is 6.92 Å². The Morgan fingerprint density at radius 2 is 1.82 bits per heavy atom. The molecular formula is C12H11F3N2. The molecule has 0 atom stereocenters. The van der Waals surface area contributed by atoms with Crippen LogP contribution < -0.4 is 0 Å². The summed E-state index contributed by atoms with van der Waals surface area (Å²) in [4.78, 5) is 7.16. The molecule has 2 rings (SSSR count). The normalized spacial score (nSPS) is 11.8. The summed E-state index contributed by atoms with van der Waals surface area (Å²) in [6, 6.07) is 4.95. The maximum Gasteiger partial charge on any atom is 0.416 e. The molecule has 0 aliphatic rings. The maximum absolute atomic E-state index is 12.4. The van der Waals surface area contributed by atoms with Crippen LogP contribution in [0.25, 0.3) is 11.4 Å². The number of imidazole rings is 1. The molecule has 90 valence electrons. The zero-order valence-electron chi connectivity index (χ0n) is 9.17. The van der Waals surface area contributed by atoms with Crippen molar-refractivity contribution in [1.29, 1.82) is 0 Å². The molecule has 1 heterocycles. The van der Waals surface area contributed by atoms with Crippen LogP contribution in [-0.4, -0.2) is 9.97 Å². The van der Waals surface area contributed by atoms with E-state index in [2.05, 4.69) is 9.97 Å². The van der Waals surface area contributed by atoms with Gasteiger partial charge >= 0.3 is 6.18 Å². The van der Waals surface area contributed by atoms with Crippen LogP contribution in [0.2, 0.25) is 0 Å². The topological polar surface area (TPSA) is 28.7 Å². The number of aromatic nitrogens is 2. The van der Waals surface area contributed by atoms with Gasteiger partial charge in [-0.2, -0.15) is 13.2 Å². The van der Waals surface area contributed by atoms with E-state index in [1.165, 1.54) is 12.1 Å². The molecular weight excluding hydrogens is 229 g/mol. The minimum atomic E-state index is -4.30. The number of benzene rings is 1. The molecule has 0 fully saturated rings. The third-order valence-corrected chi connectivity index (χ3v) is 2.50. The Labute approximate surface area is 96.5 Å². The van der Waals surface area contributed by atoms with Crippen molar-refractivity contribution in [1.82, 2.24) is 9.97 Å². The van der Waals surface area contributed by atoms with E-state index >= 15 is 0 Å². The lowest BCUT2D eigenvalue weighted by Gasteiger charge is -2.06. The number of nitrogens with one attached hydrogen (secondary N) is 1. The van der Waals surface area contributed by atoms with Crippen molar-refractivity contribution < 1.29 is 13.2 Å². The van der Waals surface area contributed by atoms with Gasteiger partial charge in [-0.1, -0.05) is 19.1 Å². The second-order valence-corrected chi connectivity index (χ2v) is 3.69. The van der Waals surface area contributed by atoms with Gasteiger partial charge in [0, 0.05) is 17.5 Å². The number of aromatic amines is 1. The smallest absolute Gasteiger partial charge is 0.342 e. The molecule has 2 aromatic rings. The van der Waals surface area contributed by atoms with Gasteiger partial charge in [-0.05, 0) is 18.6 Å². The Hall–Kier alpha value is -1.78. The van der Waals surface area contributed by atoms with Gasteiger partial charge in [-0.25, -0.2) is 4.98 Å². The lowest BCUT2D eigenvalue weighted by molar-refractivity contribution is -0.137. The number of halogens is 3. The summed E-state index contributed by atoms with van der Waals surface area (Å²) < 4.78 is 37.1. The number of hydrogen-bond acceptors (Lipinski definition) is 1. The van der Waals surface area contributed by atoms with Gasteiger partial charge in [-0.3, -0.25) is 0 Å². The van der Waals surface area contributed by atoms with E-state index in [1.54, 1.807) is 6.20 Å². The third-order valence-electron chi connectivity index (χ3n) is 2.50. The summed E-state index contributed by atoms with van der Waals surface area (Å²) in [6.45, 7) is 1.98. The average molecular weight is 240 g/mol. The number of alkyl halides is 3. The maximum atomic E-state index is 12.4. The molecule has 0 saturated carbocycles.